The fourth-order valence-corrected chi connectivity index (χ4v) is 5.89. The van der Waals surface area contributed by atoms with Crippen LogP contribution >= 0.6 is 0 Å². The van der Waals surface area contributed by atoms with E-state index in [2.05, 4.69) is 10.6 Å². The molecule has 3 amide bonds. The van der Waals surface area contributed by atoms with Crippen molar-refractivity contribution in [3.63, 3.8) is 0 Å². The normalized spacial score (nSPS) is 25.8. The van der Waals surface area contributed by atoms with Gasteiger partial charge in [0.15, 0.2) is 0 Å². The minimum Gasteiger partial charge on any atom is -0.505 e. The van der Waals surface area contributed by atoms with Gasteiger partial charge in [0, 0.05) is 70.5 Å². The van der Waals surface area contributed by atoms with Crippen LogP contribution in [0.25, 0.3) is 0 Å². The van der Waals surface area contributed by atoms with Crippen LogP contribution in [0.3, 0.4) is 0 Å². The first-order valence-corrected chi connectivity index (χ1v) is 16.0. The number of anilines is 1. The lowest BCUT2D eigenvalue weighted by Crippen LogP contribution is -2.37. The molecule has 2 bridgehead atoms. The molecule has 0 saturated heterocycles. The van der Waals surface area contributed by atoms with Gasteiger partial charge in [0.2, 0.25) is 0 Å². The third-order valence-electron chi connectivity index (χ3n) is 8.53. The van der Waals surface area contributed by atoms with E-state index < -0.39 is 42.5 Å². The average molecular weight is 675 g/mol. The Kier molecular flexibility index (Phi) is 16.1. The van der Waals surface area contributed by atoms with Gasteiger partial charge in [0.25, 0.3) is 5.91 Å². The quantitative estimate of drug-likeness (QED) is 0.219. The second-order valence-electron chi connectivity index (χ2n) is 12.3. The second-order valence-corrected chi connectivity index (χ2v) is 12.3. The number of rotatable bonds is 8. The topological polar surface area (TPSA) is 171 Å². The van der Waals surface area contributed by atoms with Crippen LogP contribution in [-0.2, 0) is 23.7 Å². The summed E-state index contributed by atoms with van der Waals surface area (Å²) in [7, 11) is 8.11. The van der Waals surface area contributed by atoms with Crippen molar-refractivity contribution in [2.75, 3.05) is 53.8 Å². The molecule has 268 valence electrons. The first-order chi connectivity index (χ1) is 22.7. The second kappa shape index (κ2) is 19.2. The summed E-state index contributed by atoms with van der Waals surface area (Å²) in [6, 6.07) is 2.93. The standard InChI is InChI=1S/C35H54N4O9/c1-20-12-11-13-21(2)33(41)38-27-19-25(47-35(43)39(7)15-14-37-6)18-26(29(27)40)31(45-9)24(5)17-28(44-8)32(46-10)23(4)16-22(3)30(20)48-34(36)42/h11-13,16,18-20,23-24,28,30-32,37,40H,14-15,17H2,1-10H3,(H2,36,42)(H,38,41)/t20-,23-,24-,28?,30+,31+,32+/m0/s1. The monoisotopic (exact) mass is 674 g/mol. The van der Waals surface area contributed by atoms with Crippen molar-refractivity contribution in [1.82, 2.24) is 10.2 Å². The van der Waals surface area contributed by atoms with Crippen molar-refractivity contribution in [3.8, 4) is 11.5 Å². The summed E-state index contributed by atoms with van der Waals surface area (Å²) in [5, 5.41) is 17.2. The minimum absolute atomic E-state index is 0.0388. The average Bonchev–Trinajstić information content (AvgIpc) is 3.03. The molecule has 48 heavy (non-hydrogen) atoms. The van der Waals surface area contributed by atoms with E-state index in [1.807, 2.05) is 33.8 Å². The highest BCUT2D eigenvalue weighted by molar-refractivity contribution is 6.04. The zero-order valence-electron chi connectivity index (χ0n) is 29.9. The van der Waals surface area contributed by atoms with E-state index in [1.54, 1.807) is 53.5 Å². The molecule has 1 heterocycles. The summed E-state index contributed by atoms with van der Waals surface area (Å²) in [5.74, 6) is -1.37. The van der Waals surface area contributed by atoms with Crippen LogP contribution in [0.4, 0.5) is 15.3 Å². The number of carbonyl (C=O) groups is 3. The van der Waals surface area contributed by atoms with Gasteiger partial charge < -0.3 is 50.1 Å². The number of primary amides is 1. The molecule has 0 spiro atoms. The molecule has 0 radical (unpaired) electrons. The summed E-state index contributed by atoms with van der Waals surface area (Å²) in [6.07, 6.45) is 3.77. The van der Waals surface area contributed by atoms with Crippen LogP contribution < -0.4 is 21.1 Å². The van der Waals surface area contributed by atoms with Crippen LogP contribution in [0.1, 0.15) is 52.7 Å². The Morgan fingerprint density at radius 1 is 1.06 bits per heavy atom. The fourth-order valence-electron chi connectivity index (χ4n) is 5.89. The number of amides is 3. The smallest absolute Gasteiger partial charge is 0.415 e. The van der Waals surface area contributed by atoms with Crippen LogP contribution in [-0.4, -0.2) is 94.9 Å². The van der Waals surface area contributed by atoms with Gasteiger partial charge in [-0.15, -0.1) is 0 Å². The van der Waals surface area contributed by atoms with E-state index in [4.69, 9.17) is 29.4 Å². The van der Waals surface area contributed by atoms with Crippen molar-refractivity contribution >= 4 is 23.8 Å². The van der Waals surface area contributed by atoms with E-state index in [9.17, 15) is 19.5 Å². The van der Waals surface area contributed by atoms with E-state index in [-0.39, 0.29) is 34.9 Å². The highest BCUT2D eigenvalue weighted by Crippen LogP contribution is 2.42. The van der Waals surface area contributed by atoms with Gasteiger partial charge >= 0.3 is 12.2 Å². The molecule has 13 heteroatoms. The maximum absolute atomic E-state index is 13.3. The number of phenolic OH excluding ortho intramolecular Hbond substituents is 1. The number of nitrogens with two attached hydrogens (primary N) is 1. The summed E-state index contributed by atoms with van der Waals surface area (Å²) < 4.78 is 29.0. The lowest BCUT2D eigenvalue weighted by atomic mass is 9.86. The number of methoxy groups -OCH3 is 3. The predicted octanol–water partition coefficient (Wildman–Crippen LogP) is 4.92. The molecule has 1 unspecified atom stereocenters. The molecule has 0 fully saturated rings. The third-order valence-corrected chi connectivity index (χ3v) is 8.53. The summed E-state index contributed by atoms with van der Waals surface area (Å²) >= 11 is 0. The first kappa shape index (κ1) is 40.3. The van der Waals surface area contributed by atoms with Gasteiger partial charge in [0.1, 0.15) is 17.6 Å². The molecule has 13 nitrogen and oxygen atoms in total. The maximum atomic E-state index is 13.3. The Bertz CT molecular complexity index is 1350. The largest absolute Gasteiger partial charge is 0.505 e. The number of benzene rings is 1. The highest BCUT2D eigenvalue weighted by atomic mass is 16.6. The Morgan fingerprint density at radius 2 is 1.75 bits per heavy atom. The third kappa shape index (κ3) is 11.1. The molecule has 1 aromatic carbocycles. The molecule has 2 rings (SSSR count). The van der Waals surface area contributed by atoms with Gasteiger partial charge in [-0.05, 0) is 44.9 Å². The number of nitrogens with zero attached hydrogens (tertiary/aromatic N) is 1. The minimum atomic E-state index is -0.904. The van der Waals surface area contributed by atoms with Crippen molar-refractivity contribution in [3.05, 3.63) is 53.1 Å². The molecule has 5 N–H and O–H groups in total. The molecule has 0 aromatic heterocycles. The zero-order valence-corrected chi connectivity index (χ0v) is 29.9. The Balaban J connectivity index is 2.73. The van der Waals surface area contributed by atoms with Gasteiger partial charge in [-0.2, -0.15) is 0 Å². The fraction of sp³-hybridized carbons (Fsp3) is 0.571. The van der Waals surface area contributed by atoms with E-state index >= 15 is 0 Å². The number of likely N-dealkylation sites (N-methyl/N-ethyl adjacent to an activating group) is 2. The summed E-state index contributed by atoms with van der Waals surface area (Å²) in [5.41, 5.74) is 6.88. The van der Waals surface area contributed by atoms with Crippen LogP contribution in [0.5, 0.6) is 11.5 Å². The molecule has 1 aliphatic heterocycles. The van der Waals surface area contributed by atoms with Gasteiger partial charge in [-0.3, -0.25) is 4.79 Å². The van der Waals surface area contributed by atoms with Crippen LogP contribution in [0.2, 0.25) is 0 Å². The van der Waals surface area contributed by atoms with Crippen molar-refractivity contribution in [2.45, 2.75) is 65.5 Å². The SMILES string of the molecule is CNCCN(C)C(=O)Oc1cc2c(O)c(c1)[C@H](OC)[C@@H](C)CC(OC)[C@H](OC)[C@@H](C)C=C(C)[C@H](OC(N)=O)[C@@H](C)C=CC=C(C)C(=O)N2. The van der Waals surface area contributed by atoms with E-state index in [0.717, 1.165) is 5.57 Å². The Hall–Kier alpha value is -3.91. The Morgan fingerprint density at radius 3 is 2.33 bits per heavy atom. The number of ether oxygens (including phenoxy) is 5. The summed E-state index contributed by atoms with van der Waals surface area (Å²) in [4.78, 5) is 39.5. The van der Waals surface area contributed by atoms with E-state index in [1.165, 1.54) is 24.1 Å². The number of nitrogens with one attached hydrogen (secondary N) is 2. The van der Waals surface area contributed by atoms with Gasteiger partial charge in [-0.1, -0.05) is 45.1 Å². The van der Waals surface area contributed by atoms with E-state index in [0.29, 0.717) is 30.6 Å². The zero-order chi connectivity index (χ0) is 36.1. The molecule has 1 aliphatic rings. The van der Waals surface area contributed by atoms with Crippen LogP contribution in [0.15, 0.2) is 47.6 Å². The number of allylic oxidation sites excluding steroid dienone is 2. The molecule has 7 atom stereocenters. The molecular formula is C35H54N4O9. The number of hydrogen-bond acceptors (Lipinski definition) is 10. The lowest BCUT2D eigenvalue weighted by Gasteiger charge is -2.33. The molecule has 0 aliphatic carbocycles. The number of phenols is 1. The number of fused-ring (bicyclic) bond motifs is 2. The Labute approximate surface area is 284 Å². The predicted molar refractivity (Wildman–Crippen MR) is 184 cm³/mol. The van der Waals surface area contributed by atoms with Crippen molar-refractivity contribution < 1.29 is 43.2 Å². The van der Waals surface area contributed by atoms with Crippen molar-refractivity contribution in [2.24, 2.45) is 23.5 Å². The molecule has 1 aromatic rings. The number of carbonyl (C=O) groups excluding carboxylic acids is 3. The van der Waals surface area contributed by atoms with Crippen LogP contribution in [0, 0.1) is 17.8 Å². The number of aromatic hydroxyl groups is 1. The number of hydrogen-bond donors (Lipinski definition) is 4. The van der Waals surface area contributed by atoms with Gasteiger partial charge in [-0.25, -0.2) is 9.59 Å². The molecular weight excluding hydrogens is 620 g/mol. The van der Waals surface area contributed by atoms with Gasteiger partial charge in [0.05, 0.1) is 24.0 Å². The summed E-state index contributed by atoms with van der Waals surface area (Å²) in [6.45, 7) is 10.2. The maximum Gasteiger partial charge on any atom is 0.415 e. The molecule has 0 saturated carbocycles. The lowest BCUT2D eigenvalue weighted by molar-refractivity contribution is -0.112. The first-order valence-electron chi connectivity index (χ1n) is 16.0. The van der Waals surface area contributed by atoms with Crippen molar-refractivity contribution in [1.29, 1.82) is 0 Å². The highest BCUT2D eigenvalue weighted by Gasteiger charge is 2.33.